The van der Waals surface area contributed by atoms with E-state index in [1.165, 1.54) is 0 Å². The van der Waals surface area contributed by atoms with Gasteiger partial charge in [-0.15, -0.1) is 0 Å². The lowest BCUT2D eigenvalue weighted by Crippen LogP contribution is -2.65. The molecular formula is C14H24N14O5. The zero-order chi connectivity index (χ0) is 24.4. The lowest BCUT2D eigenvalue weighted by Gasteiger charge is -2.47. The lowest BCUT2D eigenvalue weighted by molar-refractivity contribution is -0.279. The van der Waals surface area contributed by atoms with Crippen LogP contribution in [0.3, 0.4) is 0 Å². The molecule has 1 saturated heterocycles. The maximum Gasteiger partial charge on any atom is 0.169 e. The second-order valence-corrected chi connectivity index (χ2v) is 7.27. The van der Waals surface area contributed by atoms with E-state index in [1.54, 1.807) is 0 Å². The predicted molar refractivity (Wildman–Crippen MR) is 110 cm³/mol. The number of nitrogens with two attached hydrogens (primary N) is 1. The summed E-state index contributed by atoms with van der Waals surface area (Å²) in [4.78, 5) is 10.7. The summed E-state index contributed by atoms with van der Waals surface area (Å²) in [7, 11) is 0. The fourth-order valence-corrected chi connectivity index (χ4v) is 3.85. The highest BCUT2D eigenvalue weighted by atomic mass is 16.7. The van der Waals surface area contributed by atoms with Crippen molar-refractivity contribution in [1.82, 2.24) is 5.32 Å². The SMILES string of the molecule is [N-]=[N+]=NC[C@H]1O[C@@H](O[C@@H]2C(N=[N+]=[N-])CC(N=[N+]=[N-])[C@H](O)[C@@H]2NCCN)C(N=[N+]=[N-])[C@@H](O)[C@H]1O. The van der Waals surface area contributed by atoms with E-state index >= 15 is 0 Å². The highest BCUT2D eigenvalue weighted by Gasteiger charge is 2.50. The van der Waals surface area contributed by atoms with Crippen molar-refractivity contribution in [2.45, 2.75) is 67.4 Å². The van der Waals surface area contributed by atoms with Gasteiger partial charge in [0.2, 0.25) is 0 Å². The van der Waals surface area contributed by atoms with Crippen LogP contribution in [0.15, 0.2) is 20.5 Å². The van der Waals surface area contributed by atoms with Gasteiger partial charge >= 0.3 is 0 Å². The average molecular weight is 468 g/mol. The number of hydrogen-bond donors (Lipinski definition) is 5. The van der Waals surface area contributed by atoms with Crippen LogP contribution in [0.4, 0.5) is 0 Å². The molecule has 0 aromatic carbocycles. The van der Waals surface area contributed by atoms with Crippen molar-refractivity contribution in [1.29, 1.82) is 0 Å². The smallest absolute Gasteiger partial charge is 0.169 e. The van der Waals surface area contributed by atoms with E-state index in [0.29, 0.717) is 0 Å². The van der Waals surface area contributed by atoms with Crippen LogP contribution in [0.5, 0.6) is 0 Å². The molecule has 0 aromatic heterocycles. The predicted octanol–water partition coefficient (Wildman–Crippen LogP) is -0.153. The lowest BCUT2D eigenvalue weighted by atomic mass is 9.82. The third-order valence-electron chi connectivity index (χ3n) is 5.37. The minimum absolute atomic E-state index is 0.0764. The summed E-state index contributed by atoms with van der Waals surface area (Å²) in [5.74, 6) is 0. The highest BCUT2D eigenvalue weighted by Crippen LogP contribution is 2.32. The number of rotatable bonds is 10. The number of ether oxygens (including phenoxy) is 2. The molecule has 0 aromatic rings. The molecule has 1 saturated carbocycles. The van der Waals surface area contributed by atoms with Gasteiger partial charge in [0.1, 0.15) is 12.1 Å². The molecule has 0 spiro atoms. The standard InChI is InChI=1S/C14H24N14O5/c15-1-2-20-8-10(29)5(22-26-17)3-6(23-27-18)13(8)33-14-9(24-28-19)12(31)11(30)7(32-14)4-21-25-16/h5-14,20,29-31H,1-4,15H2/t5?,6?,7-,8+,9?,10+,11+,12-,13-,14+/m1/s1. The Morgan fingerprint density at radius 2 is 1.61 bits per heavy atom. The van der Waals surface area contributed by atoms with Gasteiger partial charge in [0.25, 0.3) is 0 Å². The normalized spacial score (nSPS) is 38.1. The molecule has 33 heavy (non-hydrogen) atoms. The van der Waals surface area contributed by atoms with Gasteiger partial charge in [-0.05, 0) is 28.5 Å². The largest absolute Gasteiger partial charge is 0.391 e. The van der Waals surface area contributed by atoms with Gasteiger partial charge in [-0.3, -0.25) is 0 Å². The van der Waals surface area contributed by atoms with E-state index in [2.05, 4.69) is 45.4 Å². The third-order valence-corrected chi connectivity index (χ3v) is 5.37. The number of azide groups is 4. The highest BCUT2D eigenvalue weighted by molar-refractivity contribution is 5.05. The van der Waals surface area contributed by atoms with Crippen molar-refractivity contribution >= 4 is 0 Å². The van der Waals surface area contributed by atoms with Crippen LogP contribution in [-0.4, -0.2) is 95.9 Å². The van der Waals surface area contributed by atoms with Crippen LogP contribution < -0.4 is 11.1 Å². The topological polar surface area (TPSA) is 312 Å². The minimum atomic E-state index is -1.64. The maximum absolute atomic E-state index is 10.8. The molecule has 1 aliphatic heterocycles. The number of nitrogens with one attached hydrogen (secondary N) is 1. The van der Waals surface area contributed by atoms with Crippen LogP contribution in [-0.2, 0) is 9.47 Å². The zero-order valence-electron chi connectivity index (χ0n) is 17.2. The molecule has 1 heterocycles. The van der Waals surface area contributed by atoms with Crippen molar-refractivity contribution in [3.05, 3.63) is 41.8 Å². The molecule has 0 amide bonds. The molecule has 10 atom stereocenters. The number of aliphatic hydroxyl groups excluding tert-OH is 3. The average Bonchev–Trinajstić information content (AvgIpc) is 2.80. The first-order chi connectivity index (χ1) is 15.9. The van der Waals surface area contributed by atoms with Gasteiger partial charge in [-0.1, -0.05) is 20.5 Å². The molecule has 0 radical (unpaired) electrons. The van der Waals surface area contributed by atoms with Crippen molar-refractivity contribution in [3.63, 3.8) is 0 Å². The molecule has 2 aliphatic rings. The number of hydrogen-bond acceptors (Lipinski definition) is 11. The first kappa shape index (κ1) is 26.2. The van der Waals surface area contributed by atoms with Gasteiger partial charge in [-0.2, -0.15) is 0 Å². The molecule has 1 aliphatic carbocycles. The Balaban J connectivity index is 2.42. The molecule has 180 valence electrons. The summed E-state index contributed by atoms with van der Waals surface area (Å²) in [5, 5.41) is 48.4. The molecule has 2 rings (SSSR count). The van der Waals surface area contributed by atoms with Crippen molar-refractivity contribution in [2.24, 2.45) is 26.2 Å². The van der Waals surface area contributed by atoms with E-state index in [4.69, 9.17) is 37.3 Å². The van der Waals surface area contributed by atoms with Crippen molar-refractivity contribution in [3.8, 4) is 0 Å². The molecule has 6 N–H and O–H groups in total. The summed E-state index contributed by atoms with van der Waals surface area (Å²) >= 11 is 0. The van der Waals surface area contributed by atoms with Gasteiger partial charge in [0.15, 0.2) is 6.29 Å². The minimum Gasteiger partial charge on any atom is -0.391 e. The van der Waals surface area contributed by atoms with E-state index in [9.17, 15) is 15.3 Å². The van der Waals surface area contributed by atoms with Crippen LogP contribution in [0.25, 0.3) is 41.8 Å². The first-order valence-corrected chi connectivity index (χ1v) is 9.85. The maximum atomic E-state index is 10.8. The van der Waals surface area contributed by atoms with Gasteiger partial charge in [0.05, 0.1) is 49.1 Å². The summed E-state index contributed by atoms with van der Waals surface area (Å²) < 4.78 is 11.6. The molecule has 2 fully saturated rings. The van der Waals surface area contributed by atoms with E-state index < -0.39 is 61.0 Å². The van der Waals surface area contributed by atoms with Crippen LogP contribution in [0.2, 0.25) is 0 Å². The molecule has 3 unspecified atom stereocenters. The van der Waals surface area contributed by atoms with Crippen molar-refractivity contribution in [2.75, 3.05) is 19.6 Å². The van der Waals surface area contributed by atoms with E-state index in [0.717, 1.165) is 0 Å². The second kappa shape index (κ2) is 12.9. The summed E-state index contributed by atoms with van der Waals surface area (Å²) in [6.45, 7) is 0.0207. The Morgan fingerprint density at radius 1 is 0.939 bits per heavy atom. The van der Waals surface area contributed by atoms with E-state index in [1.807, 2.05) is 0 Å². The number of nitrogens with zero attached hydrogens (tertiary/aromatic N) is 12. The van der Waals surface area contributed by atoms with Crippen LogP contribution in [0, 0.1) is 0 Å². The van der Waals surface area contributed by atoms with Gasteiger partial charge in [-0.25, -0.2) is 0 Å². The summed E-state index contributed by atoms with van der Waals surface area (Å²) in [5.41, 5.74) is 40.8. The summed E-state index contributed by atoms with van der Waals surface area (Å²) in [6.07, 6.45) is -8.36. The summed E-state index contributed by atoms with van der Waals surface area (Å²) in [6, 6.07) is -4.32. The fraction of sp³-hybridized carbons (Fsp3) is 1.00. The van der Waals surface area contributed by atoms with Gasteiger partial charge < -0.3 is 35.8 Å². The Morgan fingerprint density at radius 3 is 2.21 bits per heavy atom. The Hall–Kier alpha value is -3.04. The molecule has 19 nitrogen and oxygen atoms in total. The molecular weight excluding hydrogens is 444 g/mol. The molecule has 19 heteroatoms. The Labute approximate surface area is 186 Å². The Kier molecular flexibility index (Phi) is 10.2. The van der Waals surface area contributed by atoms with E-state index in [-0.39, 0.29) is 26.1 Å². The fourth-order valence-electron chi connectivity index (χ4n) is 3.85. The first-order valence-electron chi connectivity index (χ1n) is 9.85. The van der Waals surface area contributed by atoms with Crippen molar-refractivity contribution < 1.29 is 24.8 Å². The second-order valence-electron chi connectivity index (χ2n) is 7.27. The van der Waals surface area contributed by atoms with Crippen LogP contribution in [0.1, 0.15) is 6.42 Å². The van der Waals surface area contributed by atoms with Gasteiger partial charge in [0, 0.05) is 32.7 Å². The van der Waals surface area contributed by atoms with Crippen LogP contribution >= 0.6 is 0 Å². The quantitative estimate of drug-likeness (QED) is 0.164. The third kappa shape index (κ3) is 6.27. The zero-order valence-corrected chi connectivity index (χ0v) is 17.2. The molecule has 0 bridgehead atoms. The monoisotopic (exact) mass is 468 g/mol. The Bertz CT molecular complexity index is 849. The number of aliphatic hydroxyl groups is 3.